The van der Waals surface area contributed by atoms with Crippen molar-refractivity contribution in [3.8, 4) is 5.75 Å². The van der Waals surface area contributed by atoms with Crippen molar-refractivity contribution in [2.45, 2.75) is 40.2 Å². The minimum absolute atomic E-state index is 0.261. The Hall–Kier alpha value is -1.02. The lowest BCUT2D eigenvalue weighted by Gasteiger charge is -2.19. The number of hydrogen-bond acceptors (Lipinski definition) is 2. The normalized spacial score (nSPS) is 12.8. The number of nitrogens with one attached hydrogen (secondary N) is 1. The molecule has 2 nitrogen and oxygen atoms in total. The fourth-order valence-electron chi connectivity index (χ4n) is 1.61. The molecule has 2 heteroatoms. The van der Waals surface area contributed by atoms with Gasteiger partial charge in [-0.3, -0.25) is 0 Å². The van der Waals surface area contributed by atoms with E-state index >= 15 is 0 Å². The maximum Gasteiger partial charge on any atom is 0.119 e. The molecule has 0 heterocycles. The maximum atomic E-state index is 5.94. The van der Waals surface area contributed by atoms with Crippen molar-refractivity contribution in [2.75, 3.05) is 13.1 Å². The zero-order valence-electron chi connectivity index (χ0n) is 11.5. The highest BCUT2D eigenvalue weighted by Crippen LogP contribution is 2.14. The molecule has 0 aliphatic carbocycles. The first-order valence-corrected chi connectivity index (χ1v) is 6.55. The average Bonchev–Trinajstić information content (AvgIpc) is 2.30. The molecule has 0 radical (unpaired) electrons. The van der Waals surface area contributed by atoms with Crippen LogP contribution >= 0.6 is 0 Å². The lowest BCUT2D eigenvalue weighted by molar-refractivity contribution is 0.192. The summed E-state index contributed by atoms with van der Waals surface area (Å²) in [7, 11) is 0. The van der Waals surface area contributed by atoms with Crippen LogP contribution in [0, 0.1) is 12.8 Å². The highest BCUT2D eigenvalue weighted by Gasteiger charge is 2.07. The third-order valence-corrected chi connectivity index (χ3v) is 2.70. The van der Waals surface area contributed by atoms with Crippen molar-refractivity contribution in [3.63, 3.8) is 0 Å². The zero-order valence-corrected chi connectivity index (χ0v) is 11.5. The van der Waals surface area contributed by atoms with Crippen molar-refractivity contribution >= 4 is 0 Å². The van der Waals surface area contributed by atoms with Gasteiger partial charge in [0.15, 0.2) is 0 Å². The molecule has 0 spiro atoms. The van der Waals surface area contributed by atoms with Gasteiger partial charge in [0, 0.05) is 6.54 Å². The summed E-state index contributed by atoms with van der Waals surface area (Å²) >= 11 is 0. The molecule has 0 bridgehead atoms. The zero-order chi connectivity index (χ0) is 12.7. The fraction of sp³-hybridized carbons (Fsp3) is 0.600. The van der Waals surface area contributed by atoms with Crippen molar-refractivity contribution in [2.24, 2.45) is 5.92 Å². The molecule has 1 rings (SSSR count). The van der Waals surface area contributed by atoms with Crippen LogP contribution in [0.5, 0.6) is 5.75 Å². The van der Waals surface area contributed by atoms with Crippen LogP contribution < -0.4 is 10.1 Å². The van der Waals surface area contributed by atoms with E-state index in [1.165, 1.54) is 5.56 Å². The topological polar surface area (TPSA) is 21.3 Å². The number of rotatable bonds is 7. The predicted molar refractivity (Wildman–Crippen MR) is 73.6 cm³/mol. The molecule has 1 atom stereocenters. The van der Waals surface area contributed by atoms with Gasteiger partial charge in [0.25, 0.3) is 0 Å². The molecule has 0 aliphatic rings. The highest BCUT2D eigenvalue weighted by molar-refractivity contribution is 5.26. The van der Waals surface area contributed by atoms with Gasteiger partial charge in [-0.15, -0.1) is 0 Å². The Kier molecular flexibility index (Phi) is 6.06. The number of aryl methyl sites for hydroxylation is 1. The summed E-state index contributed by atoms with van der Waals surface area (Å²) in [6.45, 7) is 10.7. The second-order valence-electron chi connectivity index (χ2n) is 5.01. The molecule has 0 amide bonds. The van der Waals surface area contributed by atoms with Gasteiger partial charge in [-0.25, -0.2) is 0 Å². The summed E-state index contributed by atoms with van der Waals surface area (Å²) in [4.78, 5) is 0. The van der Waals surface area contributed by atoms with Crippen LogP contribution in [0.15, 0.2) is 24.3 Å². The molecular formula is C15H25NO. The van der Waals surface area contributed by atoms with E-state index in [9.17, 15) is 0 Å². The van der Waals surface area contributed by atoms with E-state index < -0.39 is 0 Å². The maximum absolute atomic E-state index is 5.94. The SMILES string of the molecule is CCC(CNCC(C)C)Oc1ccc(C)cc1. The highest BCUT2D eigenvalue weighted by atomic mass is 16.5. The minimum Gasteiger partial charge on any atom is -0.489 e. The monoisotopic (exact) mass is 235 g/mol. The van der Waals surface area contributed by atoms with Crippen molar-refractivity contribution in [3.05, 3.63) is 29.8 Å². The number of hydrogen-bond donors (Lipinski definition) is 1. The summed E-state index contributed by atoms with van der Waals surface area (Å²) < 4.78 is 5.94. The standard InChI is InChI=1S/C15H25NO/c1-5-14(11-16-10-12(2)3)17-15-8-6-13(4)7-9-15/h6-9,12,14,16H,5,10-11H2,1-4H3. The molecule has 96 valence electrons. The van der Waals surface area contributed by atoms with Gasteiger partial charge in [0.2, 0.25) is 0 Å². The molecule has 0 aromatic heterocycles. The molecule has 0 saturated carbocycles. The molecular weight excluding hydrogens is 210 g/mol. The third-order valence-electron chi connectivity index (χ3n) is 2.70. The summed E-state index contributed by atoms with van der Waals surface area (Å²) in [6, 6.07) is 8.26. The minimum atomic E-state index is 0.261. The molecule has 17 heavy (non-hydrogen) atoms. The Bertz CT molecular complexity index is 305. The van der Waals surface area contributed by atoms with E-state index in [4.69, 9.17) is 4.74 Å². The Morgan fingerprint density at radius 1 is 1.12 bits per heavy atom. The predicted octanol–water partition coefficient (Wildman–Crippen LogP) is 3.40. The Morgan fingerprint density at radius 2 is 1.76 bits per heavy atom. The fourth-order valence-corrected chi connectivity index (χ4v) is 1.61. The van der Waals surface area contributed by atoms with Crippen molar-refractivity contribution in [1.82, 2.24) is 5.32 Å². The summed E-state index contributed by atoms with van der Waals surface area (Å²) in [6.07, 6.45) is 1.29. The molecule has 1 N–H and O–H groups in total. The second kappa shape index (κ2) is 7.33. The molecule has 0 fully saturated rings. The van der Waals surface area contributed by atoms with Gasteiger partial charge < -0.3 is 10.1 Å². The first-order valence-electron chi connectivity index (χ1n) is 6.55. The molecule has 0 aliphatic heterocycles. The molecule has 1 unspecified atom stereocenters. The van der Waals surface area contributed by atoms with E-state index in [0.29, 0.717) is 5.92 Å². The first-order chi connectivity index (χ1) is 8.11. The summed E-state index contributed by atoms with van der Waals surface area (Å²) in [5, 5.41) is 3.44. The van der Waals surface area contributed by atoms with Gasteiger partial charge in [-0.05, 0) is 37.9 Å². The van der Waals surface area contributed by atoms with Crippen LogP contribution in [0.1, 0.15) is 32.8 Å². The van der Waals surface area contributed by atoms with Gasteiger partial charge in [-0.2, -0.15) is 0 Å². The Morgan fingerprint density at radius 3 is 2.29 bits per heavy atom. The summed E-state index contributed by atoms with van der Waals surface area (Å²) in [5.41, 5.74) is 1.27. The van der Waals surface area contributed by atoms with E-state index in [1.807, 2.05) is 12.1 Å². The van der Waals surface area contributed by atoms with Crippen LogP contribution in [0.25, 0.3) is 0 Å². The molecule has 1 aromatic carbocycles. The largest absolute Gasteiger partial charge is 0.489 e. The van der Waals surface area contributed by atoms with Gasteiger partial charge in [-0.1, -0.05) is 38.5 Å². The van der Waals surface area contributed by atoms with E-state index in [1.54, 1.807) is 0 Å². The van der Waals surface area contributed by atoms with Gasteiger partial charge >= 0.3 is 0 Å². The molecule has 0 saturated heterocycles. The Labute approximate surface area is 105 Å². The lowest BCUT2D eigenvalue weighted by Crippen LogP contribution is -2.32. The van der Waals surface area contributed by atoms with Crippen LogP contribution in [-0.2, 0) is 0 Å². The van der Waals surface area contributed by atoms with E-state index in [0.717, 1.165) is 25.3 Å². The lowest BCUT2D eigenvalue weighted by atomic mass is 10.2. The Balaban J connectivity index is 2.38. The van der Waals surface area contributed by atoms with Gasteiger partial charge in [0.1, 0.15) is 11.9 Å². The van der Waals surface area contributed by atoms with Crippen LogP contribution in [0.3, 0.4) is 0 Å². The third kappa shape index (κ3) is 5.73. The molecule has 1 aromatic rings. The quantitative estimate of drug-likeness (QED) is 0.782. The summed E-state index contributed by atoms with van der Waals surface area (Å²) in [5.74, 6) is 1.65. The van der Waals surface area contributed by atoms with Crippen molar-refractivity contribution < 1.29 is 4.74 Å². The van der Waals surface area contributed by atoms with Crippen LogP contribution in [0.4, 0.5) is 0 Å². The van der Waals surface area contributed by atoms with Crippen molar-refractivity contribution in [1.29, 1.82) is 0 Å². The van der Waals surface area contributed by atoms with Crippen LogP contribution in [0.2, 0.25) is 0 Å². The number of ether oxygens (including phenoxy) is 1. The van der Waals surface area contributed by atoms with E-state index in [-0.39, 0.29) is 6.10 Å². The average molecular weight is 235 g/mol. The van der Waals surface area contributed by atoms with E-state index in [2.05, 4.69) is 45.1 Å². The second-order valence-corrected chi connectivity index (χ2v) is 5.01. The smallest absolute Gasteiger partial charge is 0.119 e. The van der Waals surface area contributed by atoms with Crippen LogP contribution in [-0.4, -0.2) is 19.2 Å². The first kappa shape index (κ1) is 14.0. The van der Waals surface area contributed by atoms with Gasteiger partial charge in [0.05, 0.1) is 0 Å². The number of benzene rings is 1.